The number of phenolic OH excluding ortho intramolecular Hbond substituents is 1. The molecule has 0 spiro atoms. The highest BCUT2D eigenvalue weighted by Crippen LogP contribution is 2.68. The Morgan fingerprint density at radius 1 is 1.13 bits per heavy atom. The third kappa shape index (κ3) is 2.48. The summed E-state index contributed by atoms with van der Waals surface area (Å²) in [5.74, 6) is -3.29. The highest BCUT2D eigenvalue weighted by atomic mass is 32.2. The number of hydrogen-bond acceptors (Lipinski definition) is 7. The molecule has 2 bridgehead atoms. The molecule has 2 aliphatic heterocycles. The van der Waals surface area contributed by atoms with Gasteiger partial charge >= 0.3 is 10.8 Å². The van der Waals surface area contributed by atoms with Gasteiger partial charge in [-0.25, -0.2) is 0 Å². The average Bonchev–Trinajstić information content (AvgIpc) is 3.44. The van der Waals surface area contributed by atoms with Gasteiger partial charge in [-0.05, 0) is 30.2 Å². The van der Waals surface area contributed by atoms with E-state index in [1.807, 2.05) is 12.1 Å². The largest absolute Gasteiger partial charge is 0.508 e. The lowest BCUT2D eigenvalue weighted by molar-refractivity contribution is -0.149. The maximum absolute atomic E-state index is 13.1. The predicted octanol–water partition coefficient (Wildman–Crippen LogP) is 1.70. The molecule has 1 aromatic carbocycles. The molecule has 160 valence electrons. The predicted molar refractivity (Wildman–Crippen MR) is 111 cm³/mol. The van der Waals surface area contributed by atoms with Gasteiger partial charge in [-0.3, -0.25) is 24.1 Å². The molecule has 2 saturated carbocycles. The molecule has 2 aromatic rings. The normalized spacial score (nSPS) is 35.2. The second kappa shape index (κ2) is 6.46. The third-order valence-corrected chi connectivity index (χ3v) is 9.97. The minimum atomic E-state index is -1.20. The second-order valence-corrected chi connectivity index (χ2v) is 10.9. The average molecular weight is 459 g/mol. The molecular weight excluding hydrogens is 440 g/mol. The number of benzene rings is 1. The van der Waals surface area contributed by atoms with E-state index in [0.29, 0.717) is 0 Å². The van der Waals surface area contributed by atoms with E-state index in [4.69, 9.17) is 5.11 Å². The number of fused-ring (bicyclic) bond motifs is 9. The number of amides is 2. The fourth-order valence-electron chi connectivity index (χ4n) is 6.47. The number of aromatic nitrogens is 1. The summed E-state index contributed by atoms with van der Waals surface area (Å²) in [6.45, 7) is -0.601. The van der Waals surface area contributed by atoms with Crippen LogP contribution in [0.4, 0.5) is 0 Å². The summed E-state index contributed by atoms with van der Waals surface area (Å²) in [6.07, 6.45) is 0.722. The lowest BCUT2D eigenvalue weighted by Crippen LogP contribution is -2.42. The van der Waals surface area contributed by atoms with E-state index >= 15 is 0 Å². The third-order valence-electron chi connectivity index (χ3n) is 7.38. The minimum Gasteiger partial charge on any atom is -0.508 e. The molecule has 31 heavy (non-hydrogen) atoms. The van der Waals surface area contributed by atoms with Crippen molar-refractivity contribution in [2.75, 3.05) is 6.54 Å². The summed E-state index contributed by atoms with van der Waals surface area (Å²) >= 11 is 2.69. The standard InChI is InChI=1S/C21H18N2O6S2/c24-10-4-2-1-3-7(10)12-13-8-5-9(16(13)30-18-17(12)31-21(29)22-18)15-14(8)19(27)23(20(15)28)6-11(25)26/h1-4,8-9,12-16,24H,5-6H2,(H,22,29)(H,25,26)/t8-,9+,12-,13+,14+,15+,16+/m0/s1. The highest BCUT2D eigenvalue weighted by Gasteiger charge is 2.69. The number of imide groups is 1. The second-order valence-electron chi connectivity index (χ2n) is 8.68. The number of rotatable bonds is 3. The fraction of sp³-hybridized carbons (Fsp3) is 0.429. The topological polar surface area (TPSA) is 128 Å². The van der Waals surface area contributed by atoms with E-state index in [1.54, 1.807) is 23.9 Å². The summed E-state index contributed by atoms with van der Waals surface area (Å²) < 4.78 is 0. The number of hydrogen-bond donors (Lipinski definition) is 3. The van der Waals surface area contributed by atoms with Crippen LogP contribution in [0.1, 0.15) is 22.8 Å². The monoisotopic (exact) mass is 458 g/mol. The number of para-hydroxylation sites is 1. The molecule has 3 N–H and O–H groups in total. The molecule has 4 aliphatic rings. The van der Waals surface area contributed by atoms with Gasteiger partial charge in [0.05, 0.1) is 16.9 Å². The quantitative estimate of drug-likeness (QED) is 0.597. The van der Waals surface area contributed by atoms with Crippen LogP contribution in [0.5, 0.6) is 5.75 Å². The first-order valence-electron chi connectivity index (χ1n) is 10.1. The number of carboxylic acid groups (broad SMARTS) is 1. The lowest BCUT2D eigenvalue weighted by Gasteiger charge is -2.43. The van der Waals surface area contributed by atoms with Crippen molar-refractivity contribution in [1.29, 1.82) is 0 Å². The first-order chi connectivity index (χ1) is 14.9. The summed E-state index contributed by atoms with van der Waals surface area (Å²) in [5, 5.41) is 20.6. The first kappa shape index (κ1) is 19.1. The van der Waals surface area contributed by atoms with E-state index in [9.17, 15) is 24.3 Å². The lowest BCUT2D eigenvalue weighted by atomic mass is 9.68. The van der Waals surface area contributed by atoms with Crippen LogP contribution in [0, 0.1) is 29.6 Å². The van der Waals surface area contributed by atoms with Gasteiger partial charge in [0.25, 0.3) is 0 Å². The van der Waals surface area contributed by atoms with Gasteiger partial charge in [-0.15, -0.1) is 11.8 Å². The van der Waals surface area contributed by atoms with Gasteiger partial charge < -0.3 is 15.2 Å². The molecule has 2 aliphatic carbocycles. The number of nitrogens with one attached hydrogen (secondary N) is 1. The molecule has 1 aromatic heterocycles. The molecule has 6 rings (SSSR count). The van der Waals surface area contributed by atoms with Gasteiger partial charge in [-0.1, -0.05) is 29.5 Å². The minimum absolute atomic E-state index is 0.00938. The van der Waals surface area contributed by atoms with Gasteiger partial charge in [0.1, 0.15) is 12.3 Å². The van der Waals surface area contributed by atoms with Crippen molar-refractivity contribution < 1.29 is 24.6 Å². The van der Waals surface area contributed by atoms with Crippen LogP contribution in [-0.2, 0) is 14.4 Å². The molecular formula is C21H18N2O6S2. The van der Waals surface area contributed by atoms with E-state index in [-0.39, 0.29) is 45.5 Å². The van der Waals surface area contributed by atoms with Crippen molar-refractivity contribution in [2.45, 2.75) is 22.6 Å². The number of carboxylic acids is 1. The van der Waals surface area contributed by atoms with Gasteiger partial charge in [0.15, 0.2) is 0 Å². The Morgan fingerprint density at radius 2 is 1.84 bits per heavy atom. The zero-order valence-electron chi connectivity index (χ0n) is 16.1. The summed E-state index contributed by atoms with van der Waals surface area (Å²) in [7, 11) is 0. The highest BCUT2D eigenvalue weighted by molar-refractivity contribution is 8.00. The van der Waals surface area contributed by atoms with Crippen LogP contribution >= 0.6 is 23.1 Å². The zero-order chi connectivity index (χ0) is 21.6. The van der Waals surface area contributed by atoms with Crippen LogP contribution in [-0.4, -0.2) is 49.7 Å². The van der Waals surface area contributed by atoms with Crippen molar-refractivity contribution >= 4 is 40.9 Å². The van der Waals surface area contributed by atoms with Crippen LogP contribution < -0.4 is 4.87 Å². The van der Waals surface area contributed by atoms with Crippen LogP contribution in [0.2, 0.25) is 0 Å². The first-order valence-corrected chi connectivity index (χ1v) is 11.8. The van der Waals surface area contributed by atoms with E-state index in [0.717, 1.165) is 38.1 Å². The maximum atomic E-state index is 13.1. The number of aromatic amines is 1. The summed E-state index contributed by atoms with van der Waals surface area (Å²) in [5.41, 5.74) is 0.720. The van der Waals surface area contributed by atoms with Crippen LogP contribution in [0.25, 0.3) is 0 Å². The maximum Gasteiger partial charge on any atom is 0.323 e. The molecule has 0 unspecified atom stereocenters. The molecule has 3 heterocycles. The Morgan fingerprint density at radius 3 is 2.55 bits per heavy atom. The van der Waals surface area contributed by atoms with E-state index in [2.05, 4.69) is 4.98 Å². The Kier molecular flexibility index (Phi) is 3.98. The van der Waals surface area contributed by atoms with Crippen LogP contribution in [0.15, 0.2) is 34.1 Å². The van der Waals surface area contributed by atoms with E-state index < -0.39 is 30.3 Å². The van der Waals surface area contributed by atoms with E-state index in [1.165, 1.54) is 0 Å². The fourth-order valence-corrected chi connectivity index (χ4v) is 9.35. The van der Waals surface area contributed by atoms with Crippen molar-refractivity contribution in [3.63, 3.8) is 0 Å². The molecule has 2 amide bonds. The Hall–Kier alpha value is -2.59. The smallest absolute Gasteiger partial charge is 0.323 e. The molecule has 7 atom stereocenters. The number of carbonyl (C=O) groups is 3. The Bertz CT molecular complexity index is 1200. The number of aliphatic carboxylic acids is 1. The number of aromatic hydroxyl groups is 1. The number of likely N-dealkylation sites (tertiary alicyclic amines) is 1. The van der Waals surface area contributed by atoms with Gasteiger partial charge in [-0.2, -0.15) is 0 Å². The molecule has 8 nitrogen and oxygen atoms in total. The van der Waals surface area contributed by atoms with Crippen molar-refractivity contribution in [2.24, 2.45) is 29.6 Å². The molecule has 1 saturated heterocycles. The van der Waals surface area contributed by atoms with Crippen LogP contribution in [0.3, 0.4) is 0 Å². The Labute approximate surface area is 184 Å². The molecule has 10 heteroatoms. The summed E-state index contributed by atoms with van der Waals surface area (Å²) in [4.78, 5) is 54.0. The number of thiazole rings is 1. The number of carbonyl (C=O) groups excluding carboxylic acids is 2. The zero-order valence-corrected chi connectivity index (χ0v) is 17.7. The molecule has 3 fully saturated rings. The number of H-pyrrole nitrogens is 1. The number of phenols is 1. The molecule has 0 radical (unpaired) electrons. The number of nitrogens with zero attached hydrogens (tertiary/aromatic N) is 1. The Balaban J connectivity index is 1.47. The SMILES string of the molecule is O=C(O)CN1C(=O)[C@@H]2[C@H]3C[C@@H]([C@H]4Sc5[nH]c(=O)sc5[C@@H](c5ccccc5O)[C@@H]34)[C@H]2C1=O. The van der Waals surface area contributed by atoms with Crippen molar-refractivity contribution in [3.8, 4) is 5.75 Å². The van der Waals surface area contributed by atoms with Crippen molar-refractivity contribution in [1.82, 2.24) is 9.88 Å². The van der Waals surface area contributed by atoms with Gasteiger partial charge in [0.2, 0.25) is 11.8 Å². The summed E-state index contributed by atoms with van der Waals surface area (Å²) in [6, 6.07) is 7.06. The number of thioether (sulfide) groups is 1. The van der Waals surface area contributed by atoms with Crippen molar-refractivity contribution in [3.05, 3.63) is 44.4 Å². The van der Waals surface area contributed by atoms with Gasteiger partial charge in [0, 0.05) is 21.6 Å².